The van der Waals surface area contributed by atoms with Gasteiger partial charge in [-0.3, -0.25) is 4.99 Å². The average molecular weight is 300 g/mol. The zero-order valence-corrected chi connectivity index (χ0v) is 13.4. The highest BCUT2D eigenvalue weighted by molar-refractivity contribution is 8.14. The topological polar surface area (TPSA) is 33.6 Å². The van der Waals surface area contributed by atoms with E-state index in [2.05, 4.69) is 11.6 Å². The fourth-order valence-electron chi connectivity index (χ4n) is 3.28. The van der Waals surface area contributed by atoms with Gasteiger partial charge in [0.25, 0.3) is 0 Å². The lowest BCUT2D eigenvalue weighted by molar-refractivity contribution is 0.0555. The molecule has 0 bridgehead atoms. The normalized spacial score (nSPS) is 30.9. The molecule has 2 aliphatic heterocycles. The van der Waals surface area contributed by atoms with Crippen LogP contribution < -0.4 is 5.32 Å². The average Bonchev–Trinajstić information content (AvgIpc) is 3.06. The summed E-state index contributed by atoms with van der Waals surface area (Å²) in [5.41, 5.74) is 0.282. The molecule has 5 heteroatoms. The van der Waals surface area contributed by atoms with Crippen molar-refractivity contribution in [3.05, 3.63) is 0 Å². The van der Waals surface area contributed by atoms with Crippen LogP contribution in [0, 0.1) is 0 Å². The quantitative estimate of drug-likeness (QED) is 0.869. The molecule has 3 aliphatic rings. The monoisotopic (exact) mass is 300 g/mol. The van der Waals surface area contributed by atoms with Gasteiger partial charge >= 0.3 is 0 Å². The van der Waals surface area contributed by atoms with Crippen molar-refractivity contribution in [3.8, 4) is 0 Å². The number of rotatable bonds is 3. The molecule has 2 heterocycles. The predicted octanol–water partition coefficient (Wildman–Crippen LogP) is 2.90. The van der Waals surface area contributed by atoms with Gasteiger partial charge in [-0.15, -0.1) is 0 Å². The van der Waals surface area contributed by atoms with E-state index in [-0.39, 0.29) is 5.54 Å². The summed E-state index contributed by atoms with van der Waals surface area (Å²) in [5.74, 6) is 1.17. The van der Waals surface area contributed by atoms with E-state index < -0.39 is 0 Å². The van der Waals surface area contributed by atoms with Crippen LogP contribution in [0.15, 0.2) is 4.99 Å². The molecule has 2 saturated heterocycles. The largest absolute Gasteiger partial charge is 0.381 e. The van der Waals surface area contributed by atoms with Crippen LogP contribution in [0.4, 0.5) is 0 Å². The number of thioether (sulfide) groups is 2. The molecule has 108 valence electrons. The van der Waals surface area contributed by atoms with Gasteiger partial charge in [-0.1, -0.05) is 24.6 Å². The Labute approximate surface area is 124 Å². The van der Waals surface area contributed by atoms with Crippen molar-refractivity contribution in [1.82, 2.24) is 5.32 Å². The van der Waals surface area contributed by atoms with Gasteiger partial charge in [0.05, 0.1) is 12.1 Å². The molecule has 0 amide bonds. The van der Waals surface area contributed by atoms with Gasteiger partial charge in [0, 0.05) is 23.7 Å². The lowest BCUT2D eigenvalue weighted by Gasteiger charge is -2.32. The van der Waals surface area contributed by atoms with E-state index in [0.29, 0.717) is 4.75 Å². The van der Waals surface area contributed by atoms with Gasteiger partial charge in [-0.05, 0) is 31.9 Å². The predicted molar refractivity (Wildman–Crippen MR) is 85.4 cm³/mol. The number of hydrogen-bond acceptors (Lipinski definition) is 4. The third kappa shape index (κ3) is 3.08. The van der Waals surface area contributed by atoms with Gasteiger partial charge < -0.3 is 10.1 Å². The van der Waals surface area contributed by atoms with Crippen LogP contribution in [0.3, 0.4) is 0 Å². The first-order valence-corrected chi connectivity index (χ1v) is 9.55. The molecule has 3 fully saturated rings. The molecule has 3 rings (SSSR count). The van der Waals surface area contributed by atoms with Crippen LogP contribution >= 0.6 is 23.5 Å². The molecule has 0 atom stereocenters. The summed E-state index contributed by atoms with van der Waals surface area (Å²) in [5, 5.41) is 4.88. The van der Waals surface area contributed by atoms with Gasteiger partial charge in [-0.25, -0.2) is 0 Å². The molecule has 19 heavy (non-hydrogen) atoms. The maximum Gasteiger partial charge on any atom is 0.157 e. The highest BCUT2D eigenvalue weighted by Crippen LogP contribution is 2.41. The van der Waals surface area contributed by atoms with E-state index in [0.717, 1.165) is 32.6 Å². The van der Waals surface area contributed by atoms with E-state index in [1.807, 2.05) is 23.5 Å². The number of amidine groups is 1. The number of nitrogens with one attached hydrogen (secondary N) is 1. The van der Waals surface area contributed by atoms with Crippen LogP contribution in [0.25, 0.3) is 0 Å². The van der Waals surface area contributed by atoms with E-state index in [9.17, 15) is 0 Å². The van der Waals surface area contributed by atoms with Gasteiger partial charge in [0.1, 0.15) is 0 Å². The van der Waals surface area contributed by atoms with Crippen molar-refractivity contribution in [3.63, 3.8) is 0 Å². The Morgan fingerprint density at radius 3 is 2.68 bits per heavy atom. The molecule has 0 aromatic carbocycles. The van der Waals surface area contributed by atoms with E-state index in [1.54, 1.807) is 0 Å². The SMILES string of the molecule is CSC1(CN=C2NC3(CCOCC3)CS2)CCCC1. The maximum atomic E-state index is 5.47. The zero-order chi connectivity index (χ0) is 13.2. The summed E-state index contributed by atoms with van der Waals surface area (Å²) in [6, 6.07) is 0. The molecule has 1 spiro atoms. The number of hydrogen-bond donors (Lipinski definition) is 1. The Bertz CT molecular complexity index is 347. The van der Waals surface area contributed by atoms with Crippen LogP contribution in [0.5, 0.6) is 0 Å². The highest BCUT2D eigenvalue weighted by atomic mass is 32.2. The first-order valence-electron chi connectivity index (χ1n) is 7.34. The smallest absolute Gasteiger partial charge is 0.157 e. The fraction of sp³-hybridized carbons (Fsp3) is 0.929. The van der Waals surface area contributed by atoms with Crippen LogP contribution in [0.1, 0.15) is 38.5 Å². The number of ether oxygens (including phenoxy) is 1. The Kier molecular flexibility index (Phi) is 4.34. The van der Waals surface area contributed by atoms with Crippen molar-refractivity contribution in [2.45, 2.75) is 48.8 Å². The highest BCUT2D eigenvalue weighted by Gasteiger charge is 2.39. The molecule has 1 N–H and O–H groups in total. The second kappa shape index (κ2) is 5.86. The van der Waals surface area contributed by atoms with Crippen LogP contribution in [-0.2, 0) is 4.74 Å². The standard InChI is InChI=1S/C14H24N2OS2/c1-18-14(4-2-3-5-14)10-15-12-16-13(11-19-12)6-8-17-9-7-13/h2-11H2,1H3,(H,15,16). The molecular formula is C14H24N2OS2. The molecule has 0 unspecified atom stereocenters. The summed E-state index contributed by atoms with van der Waals surface area (Å²) < 4.78 is 5.90. The van der Waals surface area contributed by atoms with Crippen LogP contribution in [0.2, 0.25) is 0 Å². The zero-order valence-electron chi connectivity index (χ0n) is 11.7. The van der Waals surface area contributed by atoms with E-state index >= 15 is 0 Å². The third-order valence-corrected chi connectivity index (χ3v) is 7.37. The minimum atomic E-state index is 0.282. The van der Waals surface area contributed by atoms with Crippen molar-refractivity contribution in [2.75, 3.05) is 31.8 Å². The lowest BCUT2D eigenvalue weighted by Crippen LogP contribution is -2.48. The molecule has 0 radical (unpaired) electrons. The molecule has 1 aliphatic carbocycles. The van der Waals surface area contributed by atoms with Gasteiger partial charge in [0.2, 0.25) is 0 Å². The van der Waals surface area contributed by atoms with Gasteiger partial charge in [0.15, 0.2) is 5.17 Å². The first-order chi connectivity index (χ1) is 9.26. The van der Waals surface area contributed by atoms with E-state index in [4.69, 9.17) is 9.73 Å². The minimum absolute atomic E-state index is 0.282. The summed E-state index contributed by atoms with van der Waals surface area (Å²) >= 11 is 3.94. The summed E-state index contributed by atoms with van der Waals surface area (Å²) in [6.07, 6.45) is 9.96. The van der Waals surface area contributed by atoms with E-state index in [1.165, 1.54) is 36.6 Å². The third-order valence-electron chi connectivity index (χ3n) is 4.77. The first kappa shape index (κ1) is 14.1. The van der Waals surface area contributed by atoms with Crippen molar-refractivity contribution >= 4 is 28.7 Å². The molecule has 3 nitrogen and oxygen atoms in total. The Balaban J connectivity index is 1.59. The van der Waals surface area contributed by atoms with Crippen LogP contribution in [-0.4, -0.2) is 47.2 Å². The second-order valence-corrected chi connectivity index (χ2v) is 8.26. The maximum absolute atomic E-state index is 5.47. The van der Waals surface area contributed by atoms with Crippen molar-refractivity contribution in [2.24, 2.45) is 4.99 Å². The summed E-state index contributed by atoms with van der Waals surface area (Å²) in [6.45, 7) is 2.79. The molecule has 0 aromatic rings. The molecule has 1 saturated carbocycles. The Morgan fingerprint density at radius 1 is 1.26 bits per heavy atom. The number of nitrogens with zero attached hydrogens (tertiary/aromatic N) is 1. The fourth-order valence-corrected chi connectivity index (χ4v) is 5.39. The second-order valence-electron chi connectivity index (χ2n) is 6.02. The van der Waals surface area contributed by atoms with Gasteiger partial charge in [-0.2, -0.15) is 11.8 Å². The summed E-state index contributed by atoms with van der Waals surface area (Å²) in [7, 11) is 0. The number of aliphatic imine (C=N–C) groups is 1. The Morgan fingerprint density at radius 2 is 2.00 bits per heavy atom. The van der Waals surface area contributed by atoms with Crippen molar-refractivity contribution in [1.29, 1.82) is 0 Å². The summed E-state index contributed by atoms with van der Waals surface area (Å²) in [4.78, 5) is 4.90. The Hall–Kier alpha value is 0.130. The van der Waals surface area contributed by atoms with Crippen molar-refractivity contribution < 1.29 is 4.74 Å². The molecule has 0 aromatic heterocycles. The minimum Gasteiger partial charge on any atom is -0.381 e. The molecular weight excluding hydrogens is 276 g/mol. The lowest BCUT2D eigenvalue weighted by atomic mass is 9.93.